The van der Waals surface area contributed by atoms with E-state index in [-0.39, 0.29) is 12.4 Å². The van der Waals surface area contributed by atoms with E-state index in [4.69, 9.17) is 16.7 Å². The van der Waals surface area contributed by atoms with E-state index in [9.17, 15) is 9.59 Å². The normalized spacial score (nSPS) is 10.6. The number of carbonyl (C=O) groups is 2. The summed E-state index contributed by atoms with van der Waals surface area (Å²) < 4.78 is 4.41. The van der Waals surface area contributed by atoms with Gasteiger partial charge in [0.1, 0.15) is 5.82 Å². The molecule has 0 aromatic carbocycles. The van der Waals surface area contributed by atoms with Crippen molar-refractivity contribution in [3.63, 3.8) is 0 Å². The summed E-state index contributed by atoms with van der Waals surface area (Å²) in [5.74, 6) is -0.120. The minimum Gasteiger partial charge on any atom is -0.464 e. The third kappa shape index (κ3) is 5.70. The number of carbonyl (C=O) groups excluding carboxylic acids is 2. The highest BCUT2D eigenvalue weighted by molar-refractivity contribution is 5.99. The number of nitrogens with one attached hydrogen (secondary N) is 1. The molecule has 104 valence electrons. The topological polar surface area (TPSA) is 135 Å². The van der Waals surface area contributed by atoms with Gasteiger partial charge in [0.05, 0.1) is 18.2 Å². The van der Waals surface area contributed by atoms with Crippen LogP contribution in [-0.2, 0) is 9.53 Å². The number of aromatic nitrogens is 1. The van der Waals surface area contributed by atoms with E-state index >= 15 is 0 Å². The number of nitrogen functional groups attached to an aromatic ring is 1. The van der Waals surface area contributed by atoms with Crippen LogP contribution in [0.15, 0.2) is 12.3 Å². The number of nitrogens with zero attached hydrogens (tertiary/aromatic N) is 1. The molecule has 5 N–H and O–H groups in total. The van der Waals surface area contributed by atoms with Crippen LogP contribution in [0.5, 0.6) is 0 Å². The zero-order valence-corrected chi connectivity index (χ0v) is 11.0. The molecule has 1 atom stereocenters. The fourth-order valence-corrected chi connectivity index (χ4v) is 1.10. The average molecular weight is 266 g/mol. The molecule has 0 bridgehead atoms. The van der Waals surface area contributed by atoms with Gasteiger partial charge in [-0.3, -0.25) is 4.79 Å². The Kier molecular flexibility index (Phi) is 7.65. The van der Waals surface area contributed by atoms with Crippen LogP contribution in [0.3, 0.4) is 0 Å². The first-order valence-corrected chi connectivity index (χ1v) is 5.75. The predicted octanol–water partition coefficient (Wildman–Crippen LogP) is 0.590. The molecule has 7 heteroatoms. The molecule has 0 fully saturated rings. The van der Waals surface area contributed by atoms with Crippen molar-refractivity contribution in [2.45, 2.75) is 26.3 Å². The quantitative estimate of drug-likeness (QED) is 0.539. The Morgan fingerprint density at radius 2 is 2.16 bits per heavy atom. The number of Topliss-reactive ketones (excluding diaryl/α,β-unsaturated/α-hetero) is 1. The van der Waals surface area contributed by atoms with Gasteiger partial charge in [0.25, 0.3) is 0 Å². The maximum Gasteiger partial charge on any atom is 0.337 e. The lowest BCUT2D eigenvalue weighted by Gasteiger charge is -2.00. The standard InChI is InChI=1S/C7H10N2O.C5H8N2O2/c1-2-6(10)5-3-4-9-7(5)8;1-2-9-5(8)4(7)3-6/h3-4,9H,2,8H2,1H3;4H,2,7H2,1H3. The van der Waals surface area contributed by atoms with Crippen LogP contribution in [0.1, 0.15) is 30.6 Å². The van der Waals surface area contributed by atoms with Crippen molar-refractivity contribution in [3.8, 4) is 6.07 Å². The summed E-state index contributed by atoms with van der Waals surface area (Å²) in [6.45, 7) is 3.73. The number of nitriles is 1. The summed E-state index contributed by atoms with van der Waals surface area (Å²) in [4.78, 5) is 24.1. The molecule has 0 saturated heterocycles. The monoisotopic (exact) mass is 266 g/mol. The number of rotatable bonds is 4. The Morgan fingerprint density at radius 3 is 2.53 bits per heavy atom. The summed E-state index contributed by atoms with van der Waals surface area (Å²) in [6, 6.07) is 2.11. The fourth-order valence-electron chi connectivity index (χ4n) is 1.10. The van der Waals surface area contributed by atoms with Crippen molar-refractivity contribution < 1.29 is 14.3 Å². The first-order valence-electron chi connectivity index (χ1n) is 5.75. The highest BCUT2D eigenvalue weighted by atomic mass is 16.5. The SMILES string of the molecule is CCC(=O)c1cc[nH]c1N.CCOC(=O)C(N)C#N. The number of ether oxygens (including phenoxy) is 1. The van der Waals surface area contributed by atoms with Crippen molar-refractivity contribution in [3.05, 3.63) is 17.8 Å². The van der Waals surface area contributed by atoms with Gasteiger partial charge in [-0.15, -0.1) is 0 Å². The van der Waals surface area contributed by atoms with Crippen molar-refractivity contribution in [1.82, 2.24) is 4.98 Å². The van der Waals surface area contributed by atoms with Crippen LogP contribution in [-0.4, -0.2) is 29.4 Å². The summed E-state index contributed by atoms with van der Waals surface area (Å²) >= 11 is 0. The van der Waals surface area contributed by atoms with E-state index in [1.54, 1.807) is 25.3 Å². The third-order valence-corrected chi connectivity index (χ3v) is 2.08. The van der Waals surface area contributed by atoms with Crippen LogP contribution in [0.4, 0.5) is 5.82 Å². The van der Waals surface area contributed by atoms with Crippen molar-refractivity contribution in [2.24, 2.45) is 5.73 Å². The summed E-state index contributed by atoms with van der Waals surface area (Å²) in [6.07, 6.45) is 2.17. The predicted molar refractivity (Wildman–Crippen MR) is 70.0 cm³/mol. The average Bonchev–Trinajstić information content (AvgIpc) is 2.84. The molecule has 1 heterocycles. The number of ketones is 1. The molecule has 0 spiro atoms. The van der Waals surface area contributed by atoms with E-state index in [0.717, 1.165) is 0 Å². The lowest BCUT2D eigenvalue weighted by Crippen LogP contribution is -2.30. The number of nitrogens with two attached hydrogens (primary N) is 2. The van der Waals surface area contributed by atoms with Gasteiger partial charge in [-0.25, -0.2) is 4.79 Å². The minimum atomic E-state index is -1.13. The van der Waals surface area contributed by atoms with Crippen LogP contribution in [0, 0.1) is 11.3 Å². The molecule has 1 unspecified atom stereocenters. The first-order chi connectivity index (χ1) is 8.97. The van der Waals surface area contributed by atoms with E-state index in [1.165, 1.54) is 0 Å². The molecular formula is C12H18N4O3. The number of H-pyrrole nitrogens is 1. The number of hydrogen-bond donors (Lipinski definition) is 3. The van der Waals surface area contributed by atoms with Gasteiger partial charge in [0.2, 0.25) is 0 Å². The Morgan fingerprint density at radius 1 is 1.53 bits per heavy atom. The Balaban J connectivity index is 0.000000344. The van der Waals surface area contributed by atoms with Crippen LogP contribution in [0.25, 0.3) is 0 Å². The number of anilines is 1. The Bertz CT molecular complexity index is 462. The number of esters is 1. The van der Waals surface area contributed by atoms with Crippen molar-refractivity contribution in [2.75, 3.05) is 12.3 Å². The lowest BCUT2D eigenvalue weighted by atomic mass is 10.2. The largest absolute Gasteiger partial charge is 0.464 e. The highest BCUT2D eigenvalue weighted by Crippen LogP contribution is 2.10. The molecule has 0 aliphatic heterocycles. The van der Waals surface area contributed by atoms with E-state index in [1.807, 2.05) is 6.92 Å². The van der Waals surface area contributed by atoms with Gasteiger partial charge < -0.3 is 21.2 Å². The molecule has 0 saturated carbocycles. The second-order valence-corrected chi connectivity index (χ2v) is 3.44. The molecule has 1 aromatic heterocycles. The van der Waals surface area contributed by atoms with E-state index in [2.05, 4.69) is 9.72 Å². The summed E-state index contributed by atoms with van der Waals surface area (Å²) in [5.41, 5.74) is 11.0. The highest BCUT2D eigenvalue weighted by Gasteiger charge is 2.11. The third-order valence-electron chi connectivity index (χ3n) is 2.08. The van der Waals surface area contributed by atoms with E-state index < -0.39 is 12.0 Å². The van der Waals surface area contributed by atoms with Crippen molar-refractivity contribution in [1.29, 1.82) is 5.26 Å². The molecule has 19 heavy (non-hydrogen) atoms. The number of aromatic amines is 1. The van der Waals surface area contributed by atoms with Crippen molar-refractivity contribution >= 4 is 17.6 Å². The second-order valence-electron chi connectivity index (χ2n) is 3.44. The maximum absolute atomic E-state index is 11.0. The summed E-state index contributed by atoms with van der Waals surface area (Å²) in [7, 11) is 0. The zero-order valence-electron chi connectivity index (χ0n) is 11.0. The molecule has 0 amide bonds. The van der Waals surface area contributed by atoms with Gasteiger partial charge in [0, 0.05) is 12.6 Å². The minimum absolute atomic E-state index is 0.0822. The smallest absolute Gasteiger partial charge is 0.337 e. The lowest BCUT2D eigenvalue weighted by molar-refractivity contribution is -0.143. The van der Waals surface area contributed by atoms with Gasteiger partial charge in [-0.05, 0) is 13.0 Å². The Hall–Kier alpha value is -2.33. The molecule has 0 radical (unpaired) electrons. The molecule has 0 aliphatic carbocycles. The van der Waals surface area contributed by atoms with Gasteiger partial charge in [-0.2, -0.15) is 5.26 Å². The van der Waals surface area contributed by atoms with E-state index in [0.29, 0.717) is 17.8 Å². The second kappa shape index (κ2) is 8.72. The summed E-state index contributed by atoms with van der Waals surface area (Å²) in [5, 5.41) is 8.06. The molecule has 1 rings (SSSR count). The van der Waals surface area contributed by atoms with Gasteiger partial charge >= 0.3 is 5.97 Å². The number of hydrogen-bond acceptors (Lipinski definition) is 6. The fraction of sp³-hybridized carbons (Fsp3) is 0.417. The first kappa shape index (κ1) is 16.7. The van der Waals surface area contributed by atoms with Crippen LogP contribution < -0.4 is 11.5 Å². The Labute approximate surface area is 111 Å². The van der Waals surface area contributed by atoms with Crippen LogP contribution in [0.2, 0.25) is 0 Å². The zero-order chi connectivity index (χ0) is 14.8. The molecule has 0 aliphatic rings. The van der Waals surface area contributed by atoms with Gasteiger partial charge in [0.15, 0.2) is 11.8 Å². The van der Waals surface area contributed by atoms with Gasteiger partial charge in [-0.1, -0.05) is 6.92 Å². The molecule has 1 aromatic rings. The van der Waals surface area contributed by atoms with Crippen LogP contribution >= 0.6 is 0 Å². The maximum atomic E-state index is 11.0. The molecular weight excluding hydrogens is 248 g/mol. The molecule has 7 nitrogen and oxygen atoms in total.